The van der Waals surface area contributed by atoms with Gasteiger partial charge in [0.05, 0.1) is 18.5 Å². The van der Waals surface area contributed by atoms with E-state index in [4.69, 9.17) is 15.2 Å². The minimum Gasteiger partial charge on any atom is -0.497 e. The van der Waals surface area contributed by atoms with Crippen molar-refractivity contribution >= 4 is 0 Å². The Kier molecular flexibility index (Phi) is 4.53. The van der Waals surface area contributed by atoms with Crippen LogP contribution in [-0.2, 0) is 13.2 Å². The molecule has 0 atom stereocenters. The smallest absolute Gasteiger partial charge is 0.142 e. The van der Waals surface area contributed by atoms with Gasteiger partial charge in [0, 0.05) is 30.1 Å². The number of hydrogen-bond donors (Lipinski definition) is 1. The molecule has 0 aromatic carbocycles. The fraction of sp³-hybridized carbons (Fsp3) is 0.333. The number of ether oxygens (including phenoxy) is 2. The monoisotopic (exact) mass is 273 g/mol. The molecule has 2 N–H and O–H groups in total. The first-order valence-electron chi connectivity index (χ1n) is 6.43. The normalized spacial score (nSPS) is 10.4. The van der Waals surface area contributed by atoms with Crippen molar-refractivity contribution in [3.63, 3.8) is 0 Å². The van der Waals surface area contributed by atoms with E-state index in [0.717, 1.165) is 28.5 Å². The third kappa shape index (κ3) is 3.45. The van der Waals surface area contributed by atoms with Crippen LogP contribution >= 0.6 is 0 Å². The second-order valence-electron chi connectivity index (χ2n) is 4.53. The standard InChI is InChI=1S/C15H19N3O2/c1-10-4-5-15(14(8-16)18-10)20-9-12-7-13(19-3)6-11(2)17-12/h4-7H,8-9,16H2,1-3H3. The summed E-state index contributed by atoms with van der Waals surface area (Å²) in [5, 5.41) is 0. The summed E-state index contributed by atoms with van der Waals surface area (Å²) in [7, 11) is 1.63. The third-order valence-electron chi connectivity index (χ3n) is 2.86. The summed E-state index contributed by atoms with van der Waals surface area (Å²) in [6.07, 6.45) is 0. The van der Waals surface area contributed by atoms with Crippen molar-refractivity contribution in [3.8, 4) is 11.5 Å². The third-order valence-corrected chi connectivity index (χ3v) is 2.86. The number of aryl methyl sites for hydroxylation is 2. The molecule has 2 aromatic rings. The maximum Gasteiger partial charge on any atom is 0.142 e. The lowest BCUT2D eigenvalue weighted by Crippen LogP contribution is -2.07. The Bertz CT molecular complexity index is 600. The van der Waals surface area contributed by atoms with E-state index in [1.807, 2.05) is 38.1 Å². The van der Waals surface area contributed by atoms with E-state index >= 15 is 0 Å². The van der Waals surface area contributed by atoms with Gasteiger partial charge in [-0.1, -0.05) is 0 Å². The fourth-order valence-electron chi connectivity index (χ4n) is 1.92. The van der Waals surface area contributed by atoms with Gasteiger partial charge in [0.15, 0.2) is 0 Å². The van der Waals surface area contributed by atoms with Crippen LogP contribution in [0.5, 0.6) is 11.5 Å². The molecule has 0 bridgehead atoms. The minimum absolute atomic E-state index is 0.349. The maximum absolute atomic E-state index is 5.76. The molecule has 0 aliphatic rings. The van der Waals surface area contributed by atoms with Gasteiger partial charge in [-0.05, 0) is 26.0 Å². The van der Waals surface area contributed by atoms with E-state index in [9.17, 15) is 0 Å². The van der Waals surface area contributed by atoms with Crippen molar-refractivity contribution in [2.45, 2.75) is 27.0 Å². The first kappa shape index (κ1) is 14.3. The number of methoxy groups -OCH3 is 1. The van der Waals surface area contributed by atoms with Gasteiger partial charge in [-0.3, -0.25) is 9.97 Å². The molecule has 0 fully saturated rings. The van der Waals surface area contributed by atoms with Gasteiger partial charge in [0.25, 0.3) is 0 Å². The van der Waals surface area contributed by atoms with Crippen LogP contribution in [0.25, 0.3) is 0 Å². The minimum atomic E-state index is 0.349. The molecule has 2 rings (SSSR count). The van der Waals surface area contributed by atoms with Crippen molar-refractivity contribution in [3.05, 3.63) is 47.0 Å². The van der Waals surface area contributed by atoms with Crippen molar-refractivity contribution in [2.75, 3.05) is 7.11 Å². The van der Waals surface area contributed by atoms with Gasteiger partial charge in [-0.25, -0.2) is 0 Å². The zero-order chi connectivity index (χ0) is 14.5. The van der Waals surface area contributed by atoms with Crippen molar-refractivity contribution in [1.29, 1.82) is 0 Å². The highest BCUT2D eigenvalue weighted by Crippen LogP contribution is 2.19. The average Bonchev–Trinajstić information content (AvgIpc) is 2.45. The summed E-state index contributed by atoms with van der Waals surface area (Å²) in [5.41, 5.74) is 9.06. The number of nitrogens with zero attached hydrogens (tertiary/aromatic N) is 2. The molecular formula is C15H19N3O2. The Labute approximate surface area is 118 Å². The van der Waals surface area contributed by atoms with E-state index < -0.39 is 0 Å². The number of hydrogen-bond acceptors (Lipinski definition) is 5. The molecule has 0 aliphatic carbocycles. The fourth-order valence-corrected chi connectivity index (χ4v) is 1.92. The van der Waals surface area contributed by atoms with Crippen LogP contribution < -0.4 is 15.2 Å². The molecule has 0 radical (unpaired) electrons. The summed E-state index contributed by atoms with van der Waals surface area (Å²) in [4.78, 5) is 8.77. The Morgan fingerprint density at radius 2 is 1.90 bits per heavy atom. The molecule has 5 heteroatoms. The van der Waals surface area contributed by atoms with Crippen LogP contribution in [0.1, 0.15) is 22.8 Å². The molecule has 2 heterocycles. The zero-order valence-electron chi connectivity index (χ0n) is 12.0. The van der Waals surface area contributed by atoms with Crippen LogP contribution in [-0.4, -0.2) is 17.1 Å². The maximum atomic E-state index is 5.76. The highest BCUT2D eigenvalue weighted by Gasteiger charge is 2.06. The highest BCUT2D eigenvalue weighted by molar-refractivity contribution is 5.30. The van der Waals surface area contributed by atoms with E-state index in [-0.39, 0.29) is 0 Å². The molecule has 0 saturated carbocycles. The van der Waals surface area contributed by atoms with Gasteiger partial charge in [0.2, 0.25) is 0 Å². The molecule has 2 aromatic heterocycles. The first-order chi connectivity index (χ1) is 9.62. The Morgan fingerprint density at radius 1 is 1.10 bits per heavy atom. The quantitative estimate of drug-likeness (QED) is 0.903. The van der Waals surface area contributed by atoms with Crippen LogP contribution in [0.15, 0.2) is 24.3 Å². The van der Waals surface area contributed by atoms with Crippen LogP contribution in [0.4, 0.5) is 0 Å². The van der Waals surface area contributed by atoms with Crippen molar-refractivity contribution in [1.82, 2.24) is 9.97 Å². The van der Waals surface area contributed by atoms with Gasteiger partial charge >= 0.3 is 0 Å². The van der Waals surface area contributed by atoms with Gasteiger partial charge in [-0.2, -0.15) is 0 Å². The molecular weight excluding hydrogens is 254 g/mol. The predicted molar refractivity (Wildman–Crippen MR) is 76.7 cm³/mol. The summed E-state index contributed by atoms with van der Waals surface area (Å²) >= 11 is 0. The largest absolute Gasteiger partial charge is 0.497 e. The molecule has 0 unspecified atom stereocenters. The summed E-state index contributed by atoms with van der Waals surface area (Å²) in [5.74, 6) is 1.47. The summed E-state index contributed by atoms with van der Waals surface area (Å²) in [6, 6.07) is 7.52. The topological polar surface area (TPSA) is 70.3 Å². The van der Waals surface area contributed by atoms with Crippen molar-refractivity contribution in [2.24, 2.45) is 5.73 Å². The second-order valence-corrected chi connectivity index (χ2v) is 4.53. The predicted octanol–water partition coefficient (Wildman–Crippen LogP) is 2.14. The summed E-state index contributed by atoms with van der Waals surface area (Å²) < 4.78 is 11.0. The molecule has 0 spiro atoms. The molecule has 0 aliphatic heterocycles. The lowest BCUT2D eigenvalue weighted by molar-refractivity contribution is 0.295. The first-order valence-corrected chi connectivity index (χ1v) is 6.43. The van der Waals surface area contributed by atoms with E-state index in [1.165, 1.54) is 0 Å². The summed E-state index contributed by atoms with van der Waals surface area (Å²) in [6.45, 7) is 4.55. The molecule has 5 nitrogen and oxygen atoms in total. The Morgan fingerprint density at radius 3 is 2.60 bits per heavy atom. The number of nitrogens with two attached hydrogens (primary N) is 1. The lowest BCUT2D eigenvalue weighted by atomic mass is 10.2. The Balaban J connectivity index is 2.14. The van der Waals surface area contributed by atoms with Crippen molar-refractivity contribution < 1.29 is 9.47 Å². The lowest BCUT2D eigenvalue weighted by Gasteiger charge is -2.11. The molecule has 0 saturated heterocycles. The van der Waals surface area contributed by atoms with E-state index in [2.05, 4.69) is 9.97 Å². The molecule has 20 heavy (non-hydrogen) atoms. The average molecular weight is 273 g/mol. The number of aromatic nitrogens is 2. The van der Waals surface area contributed by atoms with Crippen LogP contribution in [0.3, 0.4) is 0 Å². The zero-order valence-corrected chi connectivity index (χ0v) is 12.0. The van der Waals surface area contributed by atoms with E-state index in [0.29, 0.717) is 18.9 Å². The molecule has 0 amide bonds. The highest BCUT2D eigenvalue weighted by atomic mass is 16.5. The second kappa shape index (κ2) is 6.34. The van der Waals surface area contributed by atoms with Gasteiger partial charge in [0.1, 0.15) is 18.1 Å². The van der Waals surface area contributed by atoms with Gasteiger partial charge in [-0.15, -0.1) is 0 Å². The van der Waals surface area contributed by atoms with E-state index in [1.54, 1.807) is 7.11 Å². The SMILES string of the molecule is COc1cc(C)nc(COc2ccc(C)nc2CN)c1. The molecule has 106 valence electrons. The number of rotatable bonds is 5. The van der Waals surface area contributed by atoms with Gasteiger partial charge < -0.3 is 15.2 Å². The van der Waals surface area contributed by atoms with Crippen LogP contribution in [0.2, 0.25) is 0 Å². The van der Waals surface area contributed by atoms with Crippen LogP contribution in [0, 0.1) is 13.8 Å². The number of pyridine rings is 2. The Hall–Kier alpha value is -2.14.